The lowest BCUT2D eigenvalue weighted by atomic mass is 10.0. The molecular formula is C10H20N4. The van der Waals surface area contributed by atoms with Gasteiger partial charge < -0.3 is 5.32 Å². The Morgan fingerprint density at radius 1 is 1.36 bits per heavy atom. The van der Waals surface area contributed by atoms with Crippen molar-refractivity contribution in [2.45, 2.75) is 57.0 Å². The van der Waals surface area contributed by atoms with Crippen LogP contribution in [0, 0.1) is 0 Å². The molecule has 0 radical (unpaired) electrons. The van der Waals surface area contributed by atoms with Crippen molar-refractivity contribution in [3.63, 3.8) is 0 Å². The van der Waals surface area contributed by atoms with Gasteiger partial charge in [0.15, 0.2) is 0 Å². The monoisotopic (exact) mass is 196 g/mol. The molecule has 14 heavy (non-hydrogen) atoms. The first-order valence-corrected chi connectivity index (χ1v) is 5.54. The van der Waals surface area contributed by atoms with E-state index < -0.39 is 0 Å². The molecule has 0 atom stereocenters. The van der Waals surface area contributed by atoms with Crippen LogP contribution in [-0.4, -0.2) is 17.5 Å². The zero-order valence-corrected chi connectivity index (χ0v) is 8.84. The van der Waals surface area contributed by atoms with E-state index in [1.54, 1.807) is 0 Å². The van der Waals surface area contributed by atoms with Crippen LogP contribution in [0.2, 0.25) is 0 Å². The van der Waals surface area contributed by atoms with Gasteiger partial charge in [-0.05, 0) is 32.6 Å². The number of nitrogens with zero attached hydrogens (tertiary/aromatic N) is 1. The van der Waals surface area contributed by atoms with Gasteiger partial charge in [-0.1, -0.05) is 12.8 Å². The standard InChI is InChI=1S/C10H20N4/c1-10(6-2-3-7-10)13-9(14-11)12-8-4-5-8/h8H,2-7,11H2,1H3,(H2,12,13,14). The third kappa shape index (κ3) is 2.38. The highest BCUT2D eigenvalue weighted by Gasteiger charge is 2.30. The number of rotatable bonds is 2. The minimum Gasteiger partial charge on any atom is -0.350 e. The molecule has 0 aromatic carbocycles. The Hall–Kier alpha value is -0.770. The van der Waals surface area contributed by atoms with Crippen molar-refractivity contribution < 1.29 is 0 Å². The summed E-state index contributed by atoms with van der Waals surface area (Å²) in [6, 6.07) is 0.513. The lowest BCUT2D eigenvalue weighted by Gasteiger charge is -2.27. The van der Waals surface area contributed by atoms with E-state index in [9.17, 15) is 0 Å². The summed E-state index contributed by atoms with van der Waals surface area (Å²) in [5, 5.41) is 3.43. The topological polar surface area (TPSA) is 62.4 Å². The summed E-state index contributed by atoms with van der Waals surface area (Å²) in [5.41, 5.74) is 2.87. The Kier molecular flexibility index (Phi) is 2.63. The zero-order valence-electron chi connectivity index (χ0n) is 8.84. The van der Waals surface area contributed by atoms with Crippen LogP contribution in [0.4, 0.5) is 0 Å². The largest absolute Gasteiger partial charge is 0.350 e. The fraction of sp³-hybridized carbons (Fsp3) is 0.900. The van der Waals surface area contributed by atoms with E-state index in [1.807, 2.05) is 0 Å². The summed E-state index contributed by atoms with van der Waals surface area (Å²) < 4.78 is 0. The molecule has 2 rings (SSSR count). The van der Waals surface area contributed by atoms with Crippen molar-refractivity contribution in [3.05, 3.63) is 0 Å². The molecule has 0 aromatic rings. The van der Waals surface area contributed by atoms with Crippen LogP contribution in [0.1, 0.15) is 45.4 Å². The second kappa shape index (κ2) is 3.77. The van der Waals surface area contributed by atoms with Gasteiger partial charge in [0.1, 0.15) is 0 Å². The molecule has 0 saturated heterocycles. The summed E-state index contributed by atoms with van der Waals surface area (Å²) in [6.45, 7) is 2.25. The number of nitrogens with one attached hydrogen (secondary N) is 2. The fourth-order valence-corrected chi connectivity index (χ4v) is 2.06. The van der Waals surface area contributed by atoms with Gasteiger partial charge in [0.05, 0.1) is 6.04 Å². The quantitative estimate of drug-likeness (QED) is 0.266. The minimum absolute atomic E-state index is 0.208. The molecule has 0 aliphatic heterocycles. The fourth-order valence-electron chi connectivity index (χ4n) is 2.06. The smallest absolute Gasteiger partial charge is 0.206 e. The lowest BCUT2D eigenvalue weighted by molar-refractivity contribution is 0.425. The van der Waals surface area contributed by atoms with Gasteiger partial charge in [-0.2, -0.15) is 0 Å². The third-order valence-electron chi connectivity index (χ3n) is 3.12. The van der Waals surface area contributed by atoms with Crippen molar-refractivity contribution in [3.8, 4) is 0 Å². The van der Waals surface area contributed by atoms with E-state index in [2.05, 4.69) is 22.7 Å². The van der Waals surface area contributed by atoms with E-state index in [1.165, 1.54) is 38.5 Å². The van der Waals surface area contributed by atoms with Crippen LogP contribution >= 0.6 is 0 Å². The molecular weight excluding hydrogens is 176 g/mol. The molecule has 0 amide bonds. The highest BCUT2D eigenvalue weighted by Crippen LogP contribution is 2.29. The molecule has 2 aliphatic rings. The summed E-state index contributed by atoms with van der Waals surface area (Å²) in [4.78, 5) is 4.48. The predicted octanol–water partition coefficient (Wildman–Crippen LogP) is 0.890. The van der Waals surface area contributed by atoms with Crippen LogP contribution in [0.25, 0.3) is 0 Å². The van der Waals surface area contributed by atoms with Crippen molar-refractivity contribution in [2.24, 2.45) is 10.8 Å². The number of guanidine groups is 1. The van der Waals surface area contributed by atoms with Crippen LogP contribution in [0.3, 0.4) is 0 Å². The maximum atomic E-state index is 5.44. The van der Waals surface area contributed by atoms with Gasteiger partial charge in [-0.3, -0.25) is 5.43 Å². The molecule has 80 valence electrons. The highest BCUT2D eigenvalue weighted by molar-refractivity contribution is 5.80. The molecule has 0 heterocycles. The van der Waals surface area contributed by atoms with E-state index in [0.717, 1.165) is 5.96 Å². The molecule has 0 bridgehead atoms. The molecule has 2 saturated carbocycles. The molecule has 4 N–H and O–H groups in total. The first kappa shape index (κ1) is 9.77. The van der Waals surface area contributed by atoms with Crippen molar-refractivity contribution >= 4 is 5.96 Å². The Morgan fingerprint density at radius 3 is 2.50 bits per heavy atom. The summed E-state index contributed by atoms with van der Waals surface area (Å²) in [7, 11) is 0. The molecule has 2 aliphatic carbocycles. The maximum absolute atomic E-state index is 5.44. The Bertz CT molecular complexity index is 226. The van der Waals surface area contributed by atoms with Gasteiger partial charge in [-0.15, -0.1) is 0 Å². The SMILES string of the molecule is CC1(NC(=NC2CC2)NN)CCCC1. The second-order valence-electron chi connectivity index (χ2n) is 4.75. The van der Waals surface area contributed by atoms with Gasteiger partial charge in [0, 0.05) is 5.54 Å². The van der Waals surface area contributed by atoms with Gasteiger partial charge >= 0.3 is 0 Å². The van der Waals surface area contributed by atoms with Gasteiger partial charge in [0.25, 0.3) is 0 Å². The van der Waals surface area contributed by atoms with Crippen molar-refractivity contribution in [1.29, 1.82) is 0 Å². The number of aliphatic imine (C=N–C) groups is 1. The summed E-state index contributed by atoms with van der Waals surface area (Å²) in [6.07, 6.45) is 7.49. The van der Waals surface area contributed by atoms with E-state index >= 15 is 0 Å². The number of hydrogen-bond acceptors (Lipinski definition) is 2. The first-order chi connectivity index (χ1) is 6.72. The molecule has 4 nitrogen and oxygen atoms in total. The van der Waals surface area contributed by atoms with Crippen LogP contribution in [0.15, 0.2) is 4.99 Å². The Labute approximate surface area is 85.3 Å². The van der Waals surface area contributed by atoms with Crippen molar-refractivity contribution in [2.75, 3.05) is 0 Å². The highest BCUT2D eigenvalue weighted by atomic mass is 15.3. The number of nitrogens with two attached hydrogens (primary N) is 1. The van der Waals surface area contributed by atoms with Crippen molar-refractivity contribution in [1.82, 2.24) is 10.7 Å². The van der Waals surface area contributed by atoms with Crippen LogP contribution in [0.5, 0.6) is 0 Å². The normalized spacial score (nSPS) is 26.3. The average molecular weight is 196 g/mol. The summed E-state index contributed by atoms with van der Waals surface area (Å²) in [5.74, 6) is 6.22. The van der Waals surface area contributed by atoms with Gasteiger partial charge in [-0.25, -0.2) is 10.8 Å². The van der Waals surface area contributed by atoms with Crippen LogP contribution in [-0.2, 0) is 0 Å². The molecule has 0 aromatic heterocycles. The molecule has 0 spiro atoms. The average Bonchev–Trinajstić information content (AvgIpc) is 2.87. The van der Waals surface area contributed by atoms with E-state index in [0.29, 0.717) is 6.04 Å². The lowest BCUT2D eigenvalue weighted by Crippen LogP contribution is -2.51. The minimum atomic E-state index is 0.208. The maximum Gasteiger partial charge on any atom is 0.206 e. The van der Waals surface area contributed by atoms with Gasteiger partial charge in [0.2, 0.25) is 5.96 Å². The molecule has 0 unspecified atom stereocenters. The molecule has 4 heteroatoms. The van der Waals surface area contributed by atoms with E-state index in [4.69, 9.17) is 5.84 Å². The number of hydrogen-bond donors (Lipinski definition) is 3. The Balaban J connectivity index is 1.92. The van der Waals surface area contributed by atoms with E-state index in [-0.39, 0.29) is 5.54 Å². The zero-order chi connectivity index (χ0) is 10.0. The number of hydrazine groups is 1. The third-order valence-corrected chi connectivity index (χ3v) is 3.12. The van der Waals surface area contributed by atoms with Crippen LogP contribution < -0.4 is 16.6 Å². The Morgan fingerprint density at radius 2 is 2.00 bits per heavy atom. The second-order valence-corrected chi connectivity index (χ2v) is 4.75. The first-order valence-electron chi connectivity index (χ1n) is 5.54. The summed E-state index contributed by atoms with van der Waals surface area (Å²) >= 11 is 0. The molecule has 2 fully saturated rings. The predicted molar refractivity (Wildman–Crippen MR) is 57.8 cm³/mol.